The van der Waals surface area contributed by atoms with Crippen LogP contribution in [0.25, 0.3) is 17.3 Å². The largest absolute Gasteiger partial charge is 0.505 e. The highest BCUT2D eigenvalue weighted by Crippen LogP contribution is 2.62. The number of hydrogen-bond acceptors (Lipinski definition) is 5. The Balaban J connectivity index is 1.34. The highest BCUT2D eigenvalue weighted by molar-refractivity contribution is 8.18. The number of benzene rings is 1. The van der Waals surface area contributed by atoms with Crippen molar-refractivity contribution in [3.05, 3.63) is 52.3 Å². The van der Waals surface area contributed by atoms with Crippen LogP contribution in [-0.2, 0) is 10.2 Å². The molecule has 4 bridgehead atoms. The summed E-state index contributed by atoms with van der Waals surface area (Å²) < 4.78 is 14.9. The van der Waals surface area contributed by atoms with Crippen LogP contribution in [-0.4, -0.2) is 21.2 Å². The van der Waals surface area contributed by atoms with Gasteiger partial charge in [0.25, 0.3) is 11.1 Å². The number of carbonyl (C=O) groups excluding carboxylic acids is 2. The topological polar surface area (TPSA) is 79.3 Å². The summed E-state index contributed by atoms with van der Waals surface area (Å²) in [4.78, 5) is 27.9. The molecule has 0 radical (unpaired) electrons. The molecule has 1 saturated heterocycles. The van der Waals surface area contributed by atoms with Gasteiger partial charge >= 0.3 is 0 Å². The summed E-state index contributed by atoms with van der Waals surface area (Å²) in [5, 5.41) is 12.5. The molecular weight excluding hydrogens is 427 g/mol. The van der Waals surface area contributed by atoms with Gasteiger partial charge in [-0.05, 0) is 103 Å². The molecule has 0 atom stereocenters. The Bertz CT molecular complexity index is 1140. The van der Waals surface area contributed by atoms with Crippen molar-refractivity contribution < 1.29 is 19.1 Å². The fraction of sp³-hybridized carbons (Fsp3) is 0.400. The molecule has 1 aliphatic heterocycles. The summed E-state index contributed by atoms with van der Waals surface area (Å²) in [5.74, 6) is 0.857. The molecule has 32 heavy (non-hydrogen) atoms. The monoisotopic (exact) mass is 450 g/mol. The number of phenols is 1. The summed E-state index contributed by atoms with van der Waals surface area (Å²) >= 11 is 0.858. The third-order valence-electron chi connectivity index (χ3n) is 7.69. The molecule has 4 saturated carbocycles. The van der Waals surface area contributed by atoms with Crippen molar-refractivity contribution in [2.24, 2.45) is 17.8 Å². The van der Waals surface area contributed by atoms with Gasteiger partial charge in [0.05, 0.1) is 10.6 Å². The van der Waals surface area contributed by atoms with Crippen LogP contribution in [0.2, 0.25) is 0 Å². The van der Waals surface area contributed by atoms with E-state index in [9.17, 15) is 19.1 Å². The molecule has 2 aromatic rings. The van der Waals surface area contributed by atoms with E-state index in [1.54, 1.807) is 24.4 Å². The minimum Gasteiger partial charge on any atom is -0.505 e. The van der Waals surface area contributed by atoms with E-state index in [-0.39, 0.29) is 16.4 Å². The third-order valence-corrected chi connectivity index (χ3v) is 8.51. The Morgan fingerprint density at radius 1 is 1.09 bits per heavy atom. The highest BCUT2D eigenvalue weighted by atomic mass is 32.2. The van der Waals surface area contributed by atoms with Crippen LogP contribution in [0, 0.1) is 23.6 Å². The van der Waals surface area contributed by atoms with Gasteiger partial charge < -0.3 is 5.11 Å². The van der Waals surface area contributed by atoms with Gasteiger partial charge in [0.1, 0.15) is 0 Å². The predicted octanol–water partition coefficient (Wildman–Crippen LogP) is 5.39. The second-order valence-electron chi connectivity index (χ2n) is 9.88. The summed E-state index contributed by atoms with van der Waals surface area (Å²) in [7, 11) is 0. The zero-order valence-corrected chi connectivity index (χ0v) is 18.3. The Labute approximate surface area is 189 Å². The van der Waals surface area contributed by atoms with E-state index in [2.05, 4.69) is 10.3 Å². The highest BCUT2D eigenvalue weighted by Gasteiger charge is 2.52. The number of rotatable bonds is 3. The number of nitrogens with one attached hydrogen (secondary N) is 1. The Hall–Kier alpha value is -2.67. The van der Waals surface area contributed by atoms with Gasteiger partial charge in [0, 0.05) is 17.3 Å². The maximum Gasteiger partial charge on any atom is 0.290 e. The first-order valence-corrected chi connectivity index (χ1v) is 11.9. The number of amides is 2. The SMILES string of the molecule is O=C1NC(=O)/C(=C/c2ccc(-c3cc(F)c(O)c(C45CC6CC(CC(C6)C4)C5)c3)nc2)S1. The van der Waals surface area contributed by atoms with Crippen molar-refractivity contribution in [3.63, 3.8) is 0 Å². The van der Waals surface area contributed by atoms with Crippen LogP contribution >= 0.6 is 11.8 Å². The minimum absolute atomic E-state index is 0.125. The average molecular weight is 451 g/mol. The van der Waals surface area contributed by atoms with Gasteiger partial charge in [0.2, 0.25) is 0 Å². The predicted molar refractivity (Wildman–Crippen MR) is 120 cm³/mol. The van der Waals surface area contributed by atoms with E-state index < -0.39 is 11.7 Å². The molecule has 2 N–H and O–H groups in total. The first-order chi connectivity index (χ1) is 15.4. The molecular formula is C25H23FN2O3S. The molecule has 1 aromatic carbocycles. The van der Waals surface area contributed by atoms with Crippen LogP contribution in [0.3, 0.4) is 0 Å². The lowest BCUT2D eigenvalue weighted by Gasteiger charge is -2.57. The molecule has 164 valence electrons. The zero-order chi connectivity index (χ0) is 22.0. The quantitative estimate of drug-likeness (QED) is 0.614. The molecule has 7 heteroatoms. The number of halogens is 1. The number of imide groups is 1. The number of aromatic nitrogens is 1. The molecule has 4 aliphatic carbocycles. The smallest absolute Gasteiger partial charge is 0.290 e. The number of phenolic OH excluding ortho intramolecular Hbond substituents is 1. The normalized spacial score (nSPS) is 32.0. The first-order valence-electron chi connectivity index (χ1n) is 11.1. The second kappa shape index (κ2) is 7.17. The zero-order valence-electron chi connectivity index (χ0n) is 17.4. The van der Waals surface area contributed by atoms with Crippen molar-refractivity contribution in [2.45, 2.75) is 43.9 Å². The van der Waals surface area contributed by atoms with E-state index in [0.29, 0.717) is 39.5 Å². The molecule has 0 unspecified atom stereocenters. The van der Waals surface area contributed by atoms with Crippen LogP contribution in [0.15, 0.2) is 35.4 Å². The lowest BCUT2D eigenvalue weighted by Crippen LogP contribution is -2.48. The van der Waals surface area contributed by atoms with Crippen molar-refractivity contribution in [3.8, 4) is 17.0 Å². The van der Waals surface area contributed by atoms with Crippen molar-refractivity contribution in [2.75, 3.05) is 0 Å². The van der Waals surface area contributed by atoms with Gasteiger partial charge in [-0.3, -0.25) is 19.9 Å². The fourth-order valence-electron chi connectivity index (χ4n) is 6.83. The molecule has 1 aromatic heterocycles. The Kier molecular flexibility index (Phi) is 4.47. The lowest BCUT2D eigenvalue weighted by atomic mass is 9.48. The van der Waals surface area contributed by atoms with E-state index in [4.69, 9.17) is 0 Å². The Morgan fingerprint density at radius 2 is 1.78 bits per heavy atom. The lowest BCUT2D eigenvalue weighted by molar-refractivity contribution is -0.115. The third kappa shape index (κ3) is 3.25. The summed E-state index contributed by atoms with van der Waals surface area (Å²) in [6, 6.07) is 6.85. The van der Waals surface area contributed by atoms with E-state index >= 15 is 0 Å². The van der Waals surface area contributed by atoms with Crippen LogP contribution in [0.5, 0.6) is 5.75 Å². The van der Waals surface area contributed by atoms with Gasteiger partial charge in [-0.1, -0.05) is 6.07 Å². The number of thioether (sulfide) groups is 1. The van der Waals surface area contributed by atoms with Crippen LogP contribution in [0.4, 0.5) is 9.18 Å². The molecule has 7 rings (SSSR count). The summed E-state index contributed by atoms with van der Waals surface area (Å²) in [6.45, 7) is 0. The number of pyridine rings is 1. The van der Waals surface area contributed by atoms with Crippen LogP contribution in [0.1, 0.15) is 49.7 Å². The van der Waals surface area contributed by atoms with Gasteiger partial charge in [-0.25, -0.2) is 4.39 Å². The minimum atomic E-state index is -0.598. The number of hydrogen-bond donors (Lipinski definition) is 2. The first kappa shape index (κ1) is 20.0. The van der Waals surface area contributed by atoms with E-state index in [1.807, 2.05) is 6.07 Å². The standard InChI is InChI=1S/C25H23FN2O3S/c26-19-8-17(20-2-1-13(12-27-20)6-21-23(30)28-24(31)32-21)7-18(22(19)29)25-9-14-3-15(10-25)5-16(4-14)11-25/h1-2,6-8,12,14-16,29H,3-5,9-11H2,(H,28,30,31)/b21-6-. The Morgan fingerprint density at radius 3 is 2.34 bits per heavy atom. The number of carbonyl (C=O) groups is 2. The molecule has 5 fully saturated rings. The van der Waals surface area contributed by atoms with Gasteiger partial charge in [0.15, 0.2) is 11.6 Å². The van der Waals surface area contributed by atoms with E-state index in [0.717, 1.165) is 36.6 Å². The van der Waals surface area contributed by atoms with Crippen molar-refractivity contribution >= 4 is 29.0 Å². The number of aromatic hydroxyl groups is 1. The molecule has 5 nitrogen and oxygen atoms in total. The van der Waals surface area contributed by atoms with Crippen molar-refractivity contribution in [1.82, 2.24) is 10.3 Å². The molecule has 2 heterocycles. The fourth-order valence-corrected chi connectivity index (χ4v) is 7.51. The van der Waals surface area contributed by atoms with E-state index in [1.165, 1.54) is 25.3 Å². The maximum atomic E-state index is 14.9. The van der Waals surface area contributed by atoms with Crippen molar-refractivity contribution in [1.29, 1.82) is 0 Å². The molecule has 0 spiro atoms. The van der Waals surface area contributed by atoms with Gasteiger partial charge in [-0.15, -0.1) is 0 Å². The summed E-state index contributed by atoms with van der Waals surface area (Å²) in [6.07, 6.45) is 10.2. The molecule has 2 amide bonds. The van der Waals surface area contributed by atoms with Gasteiger partial charge in [-0.2, -0.15) is 0 Å². The maximum absolute atomic E-state index is 14.9. The average Bonchev–Trinajstić information content (AvgIpc) is 3.06. The van der Waals surface area contributed by atoms with Crippen LogP contribution < -0.4 is 5.32 Å². The summed E-state index contributed by atoms with van der Waals surface area (Å²) in [5.41, 5.74) is 2.56. The second-order valence-corrected chi connectivity index (χ2v) is 10.9. The number of nitrogens with zero attached hydrogens (tertiary/aromatic N) is 1. The molecule has 5 aliphatic rings.